The van der Waals surface area contributed by atoms with Gasteiger partial charge < -0.3 is 9.84 Å². The van der Waals surface area contributed by atoms with Crippen molar-refractivity contribution in [1.29, 1.82) is 0 Å². The predicted molar refractivity (Wildman–Crippen MR) is 76.0 cm³/mol. The van der Waals surface area contributed by atoms with Crippen molar-refractivity contribution in [2.24, 2.45) is 5.41 Å². The lowest BCUT2D eigenvalue weighted by atomic mass is 9.88. The summed E-state index contributed by atoms with van der Waals surface area (Å²) in [5.41, 5.74) is 2.39. The predicted octanol–water partition coefficient (Wildman–Crippen LogP) is 4.12. The second-order valence-corrected chi connectivity index (χ2v) is 6.04. The molecule has 0 aliphatic carbocycles. The molecule has 0 fully saturated rings. The molecule has 1 N–H and O–H groups in total. The Hall–Kier alpha value is -1.02. The van der Waals surface area contributed by atoms with Crippen molar-refractivity contribution in [2.45, 2.75) is 53.1 Å². The maximum atomic E-state index is 10.2. The Labute approximate surface area is 111 Å². The van der Waals surface area contributed by atoms with Crippen LogP contribution in [0.15, 0.2) is 18.2 Å². The van der Waals surface area contributed by atoms with Crippen LogP contribution in [0.25, 0.3) is 0 Å². The Balaban J connectivity index is 2.77. The average Bonchev–Trinajstić information content (AvgIpc) is 2.34. The summed E-state index contributed by atoms with van der Waals surface area (Å²) in [6, 6.07) is 6.02. The molecule has 1 unspecified atom stereocenters. The lowest BCUT2D eigenvalue weighted by Gasteiger charge is -2.21. The molecular formula is C16H26O2. The Bertz CT molecular complexity index is 377. The minimum atomic E-state index is -0.399. The normalized spacial score (nSPS) is 13.4. The first-order chi connectivity index (χ1) is 8.37. The van der Waals surface area contributed by atoms with Gasteiger partial charge in [-0.1, -0.05) is 39.8 Å². The zero-order valence-corrected chi connectivity index (χ0v) is 12.3. The molecule has 0 aromatic heterocycles. The molecule has 1 aromatic carbocycles. The highest BCUT2D eigenvalue weighted by Gasteiger charge is 2.15. The molecule has 1 rings (SSSR count). The SMILES string of the molecule is CCc1ccc(C(O)CCC(C)(C)C)cc1OC. The van der Waals surface area contributed by atoms with Crippen LogP contribution in [0.2, 0.25) is 0 Å². The molecule has 1 aromatic rings. The third-order valence-electron chi connectivity index (χ3n) is 3.24. The minimum absolute atomic E-state index is 0.258. The van der Waals surface area contributed by atoms with Crippen molar-refractivity contribution in [3.8, 4) is 5.75 Å². The zero-order chi connectivity index (χ0) is 13.8. The number of hydrogen-bond acceptors (Lipinski definition) is 2. The first-order valence-corrected chi connectivity index (χ1v) is 6.72. The fourth-order valence-corrected chi connectivity index (χ4v) is 2.00. The van der Waals surface area contributed by atoms with Crippen LogP contribution in [0, 0.1) is 5.41 Å². The lowest BCUT2D eigenvalue weighted by Crippen LogP contribution is -2.08. The second kappa shape index (κ2) is 6.24. The molecule has 0 spiro atoms. The molecule has 2 nitrogen and oxygen atoms in total. The van der Waals surface area contributed by atoms with E-state index in [0.717, 1.165) is 30.6 Å². The van der Waals surface area contributed by atoms with E-state index in [0.29, 0.717) is 0 Å². The number of benzene rings is 1. The summed E-state index contributed by atoms with van der Waals surface area (Å²) in [4.78, 5) is 0. The van der Waals surface area contributed by atoms with Crippen molar-refractivity contribution in [1.82, 2.24) is 0 Å². The summed E-state index contributed by atoms with van der Waals surface area (Å²) in [5, 5.41) is 10.2. The van der Waals surface area contributed by atoms with Gasteiger partial charge in [0.2, 0.25) is 0 Å². The standard InChI is InChI=1S/C16H26O2/c1-6-12-7-8-13(11-15(12)18-5)14(17)9-10-16(2,3)4/h7-8,11,14,17H,6,9-10H2,1-5H3. The van der Waals surface area contributed by atoms with Crippen molar-refractivity contribution < 1.29 is 9.84 Å². The number of ether oxygens (including phenoxy) is 1. The molecule has 0 radical (unpaired) electrons. The topological polar surface area (TPSA) is 29.5 Å². The summed E-state index contributed by atoms with van der Waals surface area (Å²) in [7, 11) is 1.68. The average molecular weight is 250 g/mol. The maximum Gasteiger partial charge on any atom is 0.122 e. The van der Waals surface area contributed by atoms with E-state index in [9.17, 15) is 5.11 Å². The number of aryl methyl sites for hydroxylation is 1. The molecular weight excluding hydrogens is 224 g/mol. The van der Waals surface area contributed by atoms with Crippen LogP contribution in [0.1, 0.15) is 57.8 Å². The third kappa shape index (κ3) is 4.34. The van der Waals surface area contributed by atoms with E-state index < -0.39 is 6.10 Å². The van der Waals surface area contributed by atoms with E-state index >= 15 is 0 Å². The largest absolute Gasteiger partial charge is 0.496 e. The first-order valence-electron chi connectivity index (χ1n) is 6.72. The van der Waals surface area contributed by atoms with Crippen LogP contribution in [0.4, 0.5) is 0 Å². The van der Waals surface area contributed by atoms with Gasteiger partial charge in [0.25, 0.3) is 0 Å². The molecule has 0 saturated heterocycles. The van der Waals surface area contributed by atoms with Gasteiger partial charge in [-0.3, -0.25) is 0 Å². The molecule has 0 amide bonds. The Morgan fingerprint density at radius 2 is 1.94 bits per heavy atom. The van der Waals surface area contributed by atoms with E-state index in [-0.39, 0.29) is 5.41 Å². The van der Waals surface area contributed by atoms with Crippen molar-refractivity contribution in [3.63, 3.8) is 0 Å². The van der Waals surface area contributed by atoms with E-state index in [1.54, 1.807) is 7.11 Å². The zero-order valence-electron chi connectivity index (χ0n) is 12.3. The number of hydrogen-bond donors (Lipinski definition) is 1. The van der Waals surface area contributed by atoms with Gasteiger partial charge in [-0.2, -0.15) is 0 Å². The first kappa shape index (κ1) is 15.0. The monoisotopic (exact) mass is 250 g/mol. The van der Waals surface area contributed by atoms with Crippen LogP contribution < -0.4 is 4.74 Å². The Morgan fingerprint density at radius 1 is 1.28 bits per heavy atom. The van der Waals surface area contributed by atoms with Gasteiger partial charge in [0.05, 0.1) is 13.2 Å². The summed E-state index contributed by atoms with van der Waals surface area (Å²) in [6.45, 7) is 8.69. The van der Waals surface area contributed by atoms with Gasteiger partial charge >= 0.3 is 0 Å². The number of aliphatic hydroxyl groups excluding tert-OH is 1. The number of aliphatic hydroxyl groups is 1. The van der Waals surface area contributed by atoms with Crippen LogP contribution in [-0.4, -0.2) is 12.2 Å². The summed E-state index contributed by atoms with van der Waals surface area (Å²) >= 11 is 0. The number of rotatable bonds is 5. The second-order valence-electron chi connectivity index (χ2n) is 6.04. The maximum absolute atomic E-state index is 10.2. The molecule has 0 bridgehead atoms. The van der Waals surface area contributed by atoms with Crippen LogP contribution in [0.3, 0.4) is 0 Å². The third-order valence-corrected chi connectivity index (χ3v) is 3.24. The molecule has 102 valence electrons. The lowest BCUT2D eigenvalue weighted by molar-refractivity contribution is 0.147. The minimum Gasteiger partial charge on any atom is -0.496 e. The van der Waals surface area contributed by atoms with Crippen LogP contribution in [-0.2, 0) is 6.42 Å². The molecule has 18 heavy (non-hydrogen) atoms. The molecule has 0 saturated carbocycles. The van der Waals surface area contributed by atoms with Crippen molar-refractivity contribution in [2.75, 3.05) is 7.11 Å². The molecule has 0 aliphatic rings. The quantitative estimate of drug-likeness (QED) is 0.852. The molecule has 0 aliphatic heterocycles. The summed E-state index contributed by atoms with van der Waals surface area (Å²) in [5.74, 6) is 0.879. The van der Waals surface area contributed by atoms with Gasteiger partial charge in [0.15, 0.2) is 0 Å². The van der Waals surface area contributed by atoms with Gasteiger partial charge in [-0.05, 0) is 41.9 Å². The van der Waals surface area contributed by atoms with E-state index in [2.05, 4.69) is 33.8 Å². The summed E-state index contributed by atoms with van der Waals surface area (Å²) in [6.07, 6.45) is 2.34. The van der Waals surface area contributed by atoms with Gasteiger partial charge in [0, 0.05) is 0 Å². The van der Waals surface area contributed by atoms with E-state index in [4.69, 9.17) is 4.74 Å². The van der Waals surface area contributed by atoms with E-state index in [1.165, 1.54) is 5.56 Å². The fourth-order valence-electron chi connectivity index (χ4n) is 2.00. The molecule has 0 heterocycles. The highest BCUT2D eigenvalue weighted by atomic mass is 16.5. The highest BCUT2D eigenvalue weighted by Crippen LogP contribution is 2.30. The smallest absolute Gasteiger partial charge is 0.122 e. The van der Waals surface area contributed by atoms with Crippen molar-refractivity contribution >= 4 is 0 Å². The van der Waals surface area contributed by atoms with Crippen LogP contribution in [0.5, 0.6) is 5.75 Å². The van der Waals surface area contributed by atoms with Gasteiger partial charge in [-0.25, -0.2) is 0 Å². The Morgan fingerprint density at radius 3 is 2.44 bits per heavy atom. The van der Waals surface area contributed by atoms with E-state index in [1.807, 2.05) is 12.1 Å². The molecule has 1 atom stereocenters. The van der Waals surface area contributed by atoms with Gasteiger partial charge in [-0.15, -0.1) is 0 Å². The Kier molecular flexibility index (Phi) is 5.21. The fraction of sp³-hybridized carbons (Fsp3) is 0.625. The summed E-state index contributed by atoms with van der Waals surface area (Å²) < 4.78 is 5.36. The van der Waals surface area contributed by atoms with Crippen LogP contribution >= 0.6 is 0 Å². The van der Waals surface area contributed by atoms with Crippen molar-refractivity contribution in [3.05, 3.63) is 29.3 Å². The van der Waals surface area contributed by atoms with Gasteiger partial charge in [0.1, 0.15) is 5.75 Å². The number of methoxy groups -OCH3 is 1. The molecule has 2 heteroatoms. The highest BCUT2D eigenvalue weighted by molar-refractivity contribution is 5.38.